The van der Waals surface area contributed by atoms with Crippen LogP contribution in [0.15, 0.2) is 12.7 Å². The molecule has 0 aliphatic heterocycles. The first kappa shape index (κ1) is 12.1. The minimum Gasteiger partial charge on any atom is -0.301 e. The summed E-state index contributed by atoms with van der Waals surface area (Å²) in [6.45, 7) is 7.82. The van der Waals surface area contributed by atoms with E-state index in [1.165, 1.54) is 0 Å². The smallest absolute Gasteiger partial charge is 0.146 e. The van der Waals surface area contributed by atoms with Crippen LogP contribution in [0.4, 0.5) is 0 Å². The molecule has 0 bridgehead atoms. The Morgan fingerprint density at radius 2 is 1.83 bits per heavy atom. The van der Waals surface area contributed by atoms with Crippen molar-refractivity contribution in [3.63, 3.8) is 0 Å². The van der Waals surface area contributed by atoms with Crippen molar-refractivity contribution in [3.8, 4) is 0 Å². The van der Waals surface area contributed by atoms with Gasteiger partial charge in [-0.05, 0) is 17.9 Å². The largest absolute Gasteiger partial charge is 0.301 e. The molecule has 0 atom stereocenters. The fourth-order valence-electron chi connectivity index (χ4n) is 0.965. The summed E-state index contributed by atoms with van der Waals surface area (Å²) in [5, 5.41) is 0. The predicted octanol–water partition coefficient (Wildman–Crippen LogP) is 2.96. The van der Waals surface area contributed by atoms with Crippen LogP contribution < -0.4 is 0 Å². The topological polar surface area (TPSA) is 17.1 Å². The molecule has 0 unspecified atom stereocenters. The Kier molecular flexibility index (Phi) is 6.67. The summed E-state index contributed by atoms with van der Waals surface area (Å²) in [5.41, 5.74) is 0. The maximum Gasteiger partial charge on any atom is 0.146 e. The molecule has 0 radical (unpaired) electrons. The molecule has 0 rings (SSSR count). The van der Waals surface area contributed by atoms with Gasteiger partial charge in [0.2, 0.25) is 0 Å². The van der Waals surface area contributed by atoms with Gasteiger partial charge in [-0.2, -0.15) is 0 Å². The summed E-state index contributed by atoms with van der Waals surface area (Å²) in [6, 6.07) is 0. The van der Waals surface area contributed by atoms with Gasteiger partial charge in [0.15, 0.2) is 0 Å². The highest BCUT2D eigenvalue weighted by atomic mass is 32.2. The number of carbonyl (C=O) groups excluding carboxylic acids is 1. The van der Waals surface area contributed by atoms with Gasteiger partial charge in [0.1, 0.15) is 10.4 Å². The van der Waals surface area contributed by atoms with E-state index in [1.807, 2.05) is 6.08 Å². The van der Waals surface area contributed by atoms with Crippen LogP contribution in [-0.4, -0.2) is 21.9 Å². The summed E-state index contributed by atoms with van der Waals surface area (Å²) in [5.74, 6) is 1.94. The first-order chi connectivity index (χ1) is 5.74. The van der Waals surface area contributed by atoms with Gasteiger partial charge in [0.25, 0.3) is 0 Å². The molecule has 0 N–H and O–H groups in total. The monoisotopic (exact) mass is 204 g/mol. The molecule has 0 aliphatic rings. The van der Waals surface area contributed by atoms with Gasteiger partial charge in [0, 0.05) is 0 Å². The van der Waals surface area contributed by atoms with Crippen LogP contribution in [0.25, 0.3) is 0 Å². The molecule has 0 aromatic carbocycles. The zero-order valence-electron chi connectivity index (χ0n) is 7.71. The van der Waals surface area contributed by atoms with E-state index in [9.17, 15) is 4.79 Å². The normalized spacial score (nSPS) is 11.2. The minimum absolute atomic E-state index is 0.273. The van der Waals surface area contributed by atoms with Crippen LogP contribution in [0.1, 0.15) is 20.3 Å². The second kappa shape index (κ2) is 6.61. The summed E-state index contributed by atoms with van der Waals surface area (Å²) in [4.78, 5) is 10.9. The lowest BCUT2D eigenvalue weighted by Gasteiger charge is -2.24. The summed E-state index contributed by atoms with van der Waals surface area (Å²) in [6.07, 6.45) is 3.63. The average molecular weight is 204 g/mol. The van der Waals surface area contributed by atoms with E-state index in [4.69, 9.17) is 0 Å². The quantitative estimate of drug-likeness (QED) is 0.360. The lowest BCUT2D eigenvalue weighted by atomic mass is 10.3. The molecule has 0 saturated carbocycles. The molecule has 3 heteroatoms. The summed E-state index contributed by atoms with van der Waals surface area (Å²) >= 11 is 3.39. The third-order valence-electron chi connectivity index (χ3n) is 1.39. The number of hydrogen-bond acceptors (Lipinski definition) is 3. The van der Waals surface area contributed by atoms with Gasteiger partial charge in [-0.15, -0.1) is 30.1 Å². The lowest BCUT2D eigenvalue weighted by molar-refractivity contribution is -0.108. The number of aldehydes is 1. The Morgan fingerprint density at radius 1 is 1.33 bits per heavy atom. The number of thioether (sulfide) groups is 2. The summed E-state index contributed by atoms with van der Waals surface area (Å²) in [7, 11) is 0. The van der Waals surface area contributed by atoms with Crippen molar-refractivity contribution in [2.75, 3.05) is 11.5 Å². The fourth-order valence-corrected chi connectivity index (χ4v) is 3.59. The molecule has 0 aromatic rings. The second-order valence-electron chi connectivity index (χ2n) is 2.29. The van der Waals surface area contributed by atoms with Crippen molar-refractivity contribution in [2.24, 2.45) is 0 Å². The van der Waals surface area contributed by atoms with Crippen molar-refractivity contribution in [3.05, 3.63) is 12.7 Å². The molecule has 0 fully saturated rings. The molecule has 0 aliphatic carbocycles. The first-order valence-corrected chi connectivity index (χ1v) is 6.07. The maximum atomic E-state index is 10.9. The van der Waals surface area contributed by atoms with E-state index in [-0.39, 0.29) is 4.08 Å². The van der Waals surface area contributed by atoms with Crippen molar-refractivity contribution >= 4 is 29.8 Å². The minimum atomic E-state index is -0.273. The Bertz CT molecular complexity index is 139. The Hall–Kier alpha value is 0.110. The predicted molar refractivity (Wildman–Crippen MR) is 59.9 cm³/mol. The van der Waals surface area contributed by atoms with E-state index in [1.54, 1.807) is 23.5 Å². The third-order valence-corrected chi connectivity index (χ3v) is 4.17. The van der Waals surface area contributed by atoms with E-state index in [2.05, 4.69) is 20.4 Å². The highest BCUT2D eigenvalue weighted by Gasteiger charge is 2.27. The van der Waals surface area contributed by atoms with Gasteiger partial charge in [0.05, 0.1) is 0 Å². The van der Waals surface area contributed by atoms with Gasteiger partial charge >= 0.3 is 0 Å². The van der Waals surface area contributed by atoms with Gasteiger partial charge in [-0.1, -0.05) is 19.9 Å². The average Bonchev–Trinajstić information content (AvgIpc) is 2.06. The van der Waals surface area contributed by atoms with Crippen LogP contribution >= 0.6 is 23.5 Å². The molecular weight excluding hydrogens is 188 g/mol. The Labute approximate surface area is 83.4 Å². The molecule has 1 nitrogen and oxygen atoms in total. The first-order valence-electron chi connectivity index (χ1n) is 4.09. The molecule has 12 heavy (non-hydrogen) atoms. The lowest BCUT2D eigenvalue weighted by Crippen LogP contribution is -2.22. The van der Waals surface area contributed by atoms with Crippen LogP contribution in [0.2, 0.25) is 0 Å². The molecule has 0 heterocycles. The maximum absolute atomic E-state index is 10.9. The Balaban J connectivity index is 4.25. The van der Waals surface area contributed by atoms with E-state index >= 15 is 0 Å². The van der Waals surface area contributed by atoms with Crippen LogP contribution in [-0.2, 0) is 4.79 Å². The van der Waals surface area contributed by atoms with Crippen LogP contribution in [0, 0.1) is 0 Å². The van der Waals surface area contributed by atoms with Gasteiger partial charge in [-0.3, -0.25) is 0 Å². The van der Waals surface area contributed by atoms with E-state index in [0.717, 1.165) is 24.2 Å². The van der Waals surface area contributed by atoms with E-state index < -0.39 is 0 Å². The number of carbonyl (C=O) groups is 1. The molecule has 0 aromatic heterocycles. The number of rotatable bonds is 7. The second-order valence-corrected chi connectivity index (χ2v) is 5.74. The standard InChI is InChI=1S/C9H16OS2/c1-4-7-9(8-10,11-5-2)12-6-3/h4,8H,1,5-7H2,2-3H3. The van der Waals surface area contributed by atoms with E-state index in [0.29, 0.717) is 0 Å². The SMILES string of the molecule is C=CCC(C=O)(SCC)SCC. The molecule has 70 valence electrons. The zero-order chi connectivity index (χ0) is 9.45. The fraction of sp³-hybridized carbons (Fsp3) is 0.667. The van der Waals surface area contributed by atoms with Gasteiger partial charge in [-0.25, -0.2) is 0 Å². The summed E-state index contributed by atoms with van der Waals surface area (Å²) < 4.78 is -0.273. The number of allylic oxidation sites excluding steroid dienone is 1. The molecular formula is C9H16OS2. The van der Waals surface area contributed by atoms with Crippen molar-refractivity contribution in [2.45, 2.75) is 24.3 Å². The molecule has 0 saturated heterocycles. The van der Waals surface area contributed by atoms with Crippen molar-refractivity contribution in [1.29, 1.82) is 0 Å². The molecule has 0 spiro atoms. The van der Waals surface area contributed by atoms with Crippen LogP contribution in [0.5, 0.6) is 0 Å². The molecule has 0 amide bonds. The third kappa shape index (κ3) is 3.68. The Morgan fingerprint density at radius 3 is 2.08 bits per heavy atom. The van der Waals surface area contributed by atoms with Crippen molar-refractivity contribution < 1.29 is 4.79 Å². The van der Waals surface area contributed by atoms with Crippen LogP contribution in [0.3, 0.4) is 0 Å². The van der Waals surface area contributed by atoms with Crippen molar-refractivity contribution in [1.82, 2.24) is 0 Å². The zero-order valence-corrected chi connectivity index (χ0v) is 9.34. The number of hydrogen-bond donors (Lipinski definition) is 0. The highest BCUT2D eigenvalue weighted by molar-refractivity contribution is 8.19. The van der Waals surface area contributed by atoms with Gasteiger partial charge < -0.3 is 4.79 Å². The highest BCUT2D eigenvalue weighted by Crippen LogP contribution is 2.38.